The van der Waals surface area contributed by atoms with Crippen LogP contribution in [0.25, 0.3) is 0 Å². The second kappa shape index (κ2) is 5.25. The molecule has 1 saturated heterocycles. The lowest BCUT2D eigenvalue weighted by molar-refractivity contribution is -0.157. The Bertz CT molecular complexity index is 253. The fourth-order valence-electron chi connectivity index (χ4n) is 3.20. The number of ketones is 1. The van der Waals surface area contributed by atoms with Crippen LogP contribution in [0.3, 0.4) is 0 Å². The van der Waals surface area contributed by atoms with Crippen molar-refractivity contribution < 1.29 is 14.3 Å². The van der Waals surface area contributed by atoms with Crippen LogP contribution in [0, 0.1) is 11.8 Å². The summed E-state index contributed by atoms with van der Waals surface area (Å²) in [6.45, 7) is 1.08. The van der Waals surface area contributed by atoms with Crippen molar-refractivity contribution in [2.24, 2.45) is 11.8 Å². The molecule has 0 aromatic heterocycles. The molecule has 1 saturated carbocycles. The van der Waals surface area contributed by atoms with Crippen LogP contribution in [0.2, 0.25) is 0 Å². The standard InChI is InChI=1S/C12H21NO3/c1-15-12(16-2)11(14)6-10-9-5-3-4-8(9)7-13-10/h8-10,12-13H,3-7H2,1-2H3. The molecule has 0 amide bonds. The fourth-order valence-corrected chi connectivity index (χ4v) is 3.20. The van der Waals surface area contributed by atoms with E-state index in [1.807, 2.05) is 0 Å². The first kappa shape index (κ1) is 12.0. The molecule has 2 rings (SSSR count). The Kier molecular flexibility index (Phi) is 3.95. The minimum absolute atomic E-state index is 0.0510. The van der Waals surface area contributed by atoms with Gasteiger partial charge in [-0.25, -0.2) is 0 Å². The van der Waals surface area contributed by atoms with Gasteiger partial charge in [-0.15, -0.1) is 0 Å². The van der Waals surface area contributed by atoms with Crippen molar-refractivity contribution >= 4 is 5.78 Å². The van der Waals surface area contributed by atoms with Gasteiger partial charge in [0.2, 0.25) is 6.29 Å². The molecule has 16 heavy (non-hydrogen) atoms. The van der Waals surface area contributed by atoms with Gasteiger partial charge in [0.1, 0.15) is 0 Å². The van der Waals surface area contributed by atoms with Crippen LogP contribution < -0.4 is 5.32 Å². The number of fused-ring (bicyclic) bond motifs is 1. The van der Waals surface area contributed by atoms with Crippen LogP contribution in [0.5, 0.6) is 0 Å². The molecular formula is C12H21NO3. The number of rotatable bonds is 5. The zero-order chi connectivity index (χ0) is 11.5. The van der Waals surface area contributed by atoms with Crippen LogP contribution >= 0.6 is 0 Å². The second-order valence-corrected chi connectivity index (χ2v) is 4.84. The lowest BCUT2D eigenvalue weighted by atomic mass is 9.91. The molecule has 3 atom stereocenters. The maximum atomic E-state index is 11.9. The quantitative estimate of drug-likeness (QED) is 0.710. The van der Waals surface area contributed by atoms with Gasteiger partial charge in [-0.3, -0.25) is 4.79 Å². The maximum absolute atomic E-state index is 11.9. The molecule has 3 unspecified atom stereocenters. The summed E-state index contributed by atoms with van der Waals surface area (Å²) in [4.78, 5) is 11.9. The van der Waals surface area contributed by atoms with Gasteiger partial charge in [-0.1, -0.05) is 6.42 Å². The van der Waals surface area contributed by atoms with E-state index in [0.717, 1.165) is 12.5 Å². The van der Waals surface area contributed by atoms with Crippen molar-refractivity contribution in [2.45, 2.75) is 38.0 Å². The lowest BCUT2D eigenvalue weighted by Gasteiger charge is -2.19. The maximum Gasteiger partial charge on any atom is 0.217 e. The Balaban J connectivity index is 1.87. The smallest absolute Gasteiger partial charge is 0.217 e. The molecule has 0 aromatic carbocycles. The third-order valence-corrected chi connectivity index (χ3v) is 3.99. The second-order valence-electron chi connectivity index (χ2n) is 4.84. The highest BCUT2D eigenvalue weighted by Crippen LogP contribution is 2.38. The molecule has 1 aliphatic carbocycles. The number of carbonyl (C=O) groups is 1. The van der Waals surface area contributed by atoms with E-state index in [4.69, 9.17) is 9.47 Å². The summed E-state index contributed by atoms with van der Waals surface area (Å²) < 4.78 is 9.97. The predicted octanol–water partition coefficient (Wildman–Crippen LogP) is 0.953. The highest BCUT2D eigenvalue weighted by atomic mass is 16.7. The number of Topliss-reactive ketones (excluding diaryl/α,β-unsaturated/α-hetero) is 1. The van der Waals surface area contributed by atoms with Gasteiger partial charge >= 0.3 is 0 Å². The Morgan fingerprint density at radius 2 is 2.12 bits per heavy atom. The zero-order valence-corrected chi connectivity index (χ0v) is 10.1. The van der Waals surface area contributed by atoms with Crippen molar-refractivity contribution in [1.82, 2.24) is 5.32 Å². The summed E-state index contributed by atoms with van der Waals surface area (Å²) in [5.41, 5.74) is 0. The molecule has 4 heteroatoms. The van der Waals surface area contributed by atoms with E-state index in [1.54, 1.807) is 0 Å². The van der Waals surface area contributed by atoms with Crippen molar-refractivity contribution in [1.29, 1.82) is 0 Å². The summed E-state index contributed by atoms with van der Waals surface area (Å²) in [5.74, 6) is 1.54. The molecule has 1 aliphatic heterocycles. The molecule has 92 valence electrons. The molecule has 1 N–H and O–H groups in total. The molecule has 0 bridgehead atoms. The summed E-state index contributed by atoms with van der Waals surface area (Å²) in [6, 6.07) is 0.341. The highest BCUT2D eigenvalue weighted by molar-refractivity contribution is 5.82. The molecule has 4 nitrogen and oxygen atoms in total. The summed E-state index contributed by atoms with van der Waals surface area (Å²) in [6.07, 6.45) is 3.75. The molecule has 2 aliphatic rings. The van der Waals surface area contributed by atoms with E-state index in [2.05, 4.69) is 5.32 Å². The largest absolute Gasteiger partial charge is 0.349 e. The average molecular weight is 227 g/mol. The van der Waals surface area contributed by atoms with Crippen LogP contribution in [0.15, 0.2) is 0 Å². The number of hydrogen-bond donors (Lipinski definition) is 1. The van der Waals surface area contributed by atoms with E-state index in [9.17, 15) is 4.79 Å². The zero-order valence-electron chi connectivity index (χ0n) is 10.1. The van der Waals surface area contributed by atoms with Crippen molar-refractivity contribution in [3.8, 4) is 0 Å². The van der Waals surface area contributed by atoms with Gasteiger partial charge in [0.25, 0.3) is 0 Å². The number of hydrogen-bond acceptors (Lipinski definition) is 4. The van der Waals surface area contributed by atoms with E-state index in [0.29, 0.717) is 18.4 Å². The minimum atomic E-state index is -0.692. The third-order valence-electron chi connectivity index (χ3n) is 3.99. The highest BCUT2D eigenvalue weighted by Gasteiger charge is 2.40. The molecule has 0 aromatic rings. The van der Waals surface area contributed by atoms with Gasteiger partial charge in [-0.05, 0) is 31.2 Å². The molecule has 0 spiro atoms. The lowest BCUT2D eigenvalue weighted by Crippen LogP contribution is -2.35. The first-order valence-electron chi connectivity index (χ1n) is 6.08. The Morgan fingerprint density at radius 3 is 2.81 bits per heavy atom. The van der Waals surface area contributed by atoms with Crippen molar-refractivity contribution in [3.05, 3.63) is 0 Å². The van der Waals surface area contributed by atoms with E-state index in [-0.39, 0.29) is 5.78 Å². The Morgan fingerprint density at radius 1 is 1.38 bits per heavy atom. The monoisotopic (exact) mass is 227 g/mol. The Hall–Kier alpha value is -0.450. The molecule has 2 fully saturated rings. The number of carbonyl (C=O) groups excluding carboxylic acids is 1. The third kappa shape index (κ3) is 2.29. The SMILES string of the molecule is COC(OC)C(=O)CC1NCC2CCCC21. The topological polar surface area (TPSA) is 47.6 Å². The van der Waals surface area contributed by atoms with E-state index in [1.165, 1.54) is 33.5 Å². The number of nitrogens with one attached hydrogen (secondary N) is 1. The van der Waals surface area contributed by atoms with Crippen molar-refractivity contribution in [3.63, 3.8) is 0 Å². The van der Waals surface area contributed by atoms with Gasteiger partial charge in [0, 0.05) is 26.7 Å². The molecule has 0 radical (unpaired) electrons. The van der Waals surface area contributed by atoms with Crippen LogP contribution in [-0.4, -0.2) is 38.9 Å². The summed E-state index contributed by atoms with van der Waals surface area (Å²) >= 11 is 0. The number of ether oxygens (including phenoxy) is 2. The molecule has 1 heterocycles. The van der Waals surface area contributed by atoms with Gasteiger partial charge in [0.05, 0.1) is 0 Å². The first-order valence-corrected chi connectivity index (χ1v) is 6.08. The predicted molar refractivity (Wildman–Crippen MR) is 60.1 cm³/mol. The normalized spacial score (nSPS) is 33.3. The van der Waals surface area contributed by atoms with Gasteiger partial charge < -0.3 is 14.8 Å². The van der Waals surface area contributed by atoms with E-state index >= 15 is 0 Å². The van der Waals surface area contributed by atoms with Crippen LogP contribution in [-0.2, 0) is 14.3 Å². The average Bonchev–Trinajstić information content (AvgIpc) is 2.85. The fraction of sp³-hybridized carbons (Fsp3) is 0.917. The Labute approximate surface area is 96.7 Å². The molecular weight excluding hydrogens is 206 g/mol. The summed E-state index contributed by atoms with van der Waals surface area (Å²) in [5, 5.41) is 3.46. The van der Waals surface area contributed by atoms with Gasteiger partial charge in [0.15, 0.2) is 5.78 Å². The number of methoxy groups -OCH3 is 2. The van der Waals surface area contributed by atoms with E-state index < -0.39 is 6.29 Å². The first-order chi connectivity index (χ1) is 7.76. The van der Waals surface area contributed by atoms with Crippen LogP contribution in [0.4, 0.5) is 0 Å². The van der Waals surface area contributed by atoms with Crippen LogP contribution in [0.1, 0.15) is 25.7 Å². The van der Waals surface area contributed by atoms with Gasteiger partial charge in [-0.2, -0.15) is 0 Å². The van der Waals surface area contributed by atoms with Crippen molar-refractivity contribution in [2.75, 3.05) is 20.8 Å². The summed E-state index contributed by atoms with van der Waals surface area (Å²) in [7, 11) is 3.01. The minimum Gasteiger partial charge on any atom is -0.349 e.